The number of anilines is 1. The van der Waals surface area contributed by atoms with Crippen molar-refractivity contribution in [3.8, 4) is 0 Å². The minimum atomic E-state index is -0.269. The number of nitrogens with zero attached hydrogens (tertiary/aromatic N) is 2. The van der Waals surface area contributed by atoms with E-state index in [1.54, 1.807) is 12.1 Å². The van der Waals surface area contributed by atoms with Crippen molar-refractivity contribution in [3.63, 3.8) is 0 Å². The zero-order valence-electron chi connectivity index (χ0n) is 8.26. The number of thiophene rings is 1. The van der Waals surface area contributed by atoms with Crippen LogP contribution in [0.5, 0.6) is 0 Å². The van der Waals surface area contributed by atoms with Gasteiger partial charge in [0.2, 0.25) is 5.13 Å². The standard InChI is InChI=1S/C9H7N3O2S2/c1-5(13)6-2-3-7(16-6)8(14)11-9-12-10-4-15-9/h2-4H,1H3,(H,11,12,14). The van der Waals surface area contributed by atoms with Crippen LogP contribution in [-0.4, -0.2) is 21.9 Å². The van der Waals surface area contributed by atoms with E-state index < -0.39 is 0 Å². The lowest BCUT2D eigenvalue weighted by Crippen LogP contribution is -2.09. The molecule has 0 bridgehead atoms. The summed E-state index contributed by atoms with van der Waals surface area (Å²) < 4.78 is 0. The van der Waals surface area contributed by atoms with Crippen LogP contribution in [0, 0.1) is 0 Å². The first-order chi connectivity index (χ1) is 7.66. The number of Topliss-reactive ketones (excluding diaryl/α,β-unsaturated/α-hetero) is 1. The second-order valence-corrected chi connectivity index (χ2v) is 4.84. The van der Waals surface area contributed by atoms with Gasteiger partial charge in [0.25, 0.3) is 5.91 Å². The Kier molecular flexibility index (Phi) is 3.07. The molecule has 0 fully saturated rings. The van der Waals surface area contributed by atoms with E-state index in [4.69, 9.17) is 0 Å². The minimum absolute atomic E-state index is 0.0417. The predicted octanol–water partition coefficient (Wildman–Crippen LogP) is 2.05. The van der Waals surface area contributed by atoms with E-state index >= 15 is 0 Å². The van der Waals surface area contributed by atoms with Crippen molar-refractivity contribution >= 4 is 39.5 Å². The van der Waals surface area contributed by atoms with E-state index in [-0.39, 0.29) is 11.7 Å². The highest BCUT2D eigenvalue weighted by atomic mass is 32.1. The zero-order chi connectivity index (χ0) is 11.5. The number of carbonyl (C=O) groups excluding carboxylic acids is 2. The molecule has 2 aromatic rings. The van der Waals surface area contributed by atoms with Crippen LogP contribution in [0.1, 0.15) is 26.3 Å². The Morgan fingerprint density at radius 2 is 2.06 bits per heavy atom. The molecule has 0 radical (unpaired) electrons. The van der Waals surface area contributed by atoms with Gasteiger partial charge in [-0.15, -0.1) is 21.5 Å². The van der Waals surface area contributed by atoms with Crippen LogP contribution in [0.15, 0.2) is 17.6 Å². The van der Waals surface area contributed by atoms with Crippen molar-refractivity contribution in [2.75, 3.05) is 5.32 Å². The van der Waals surface area contributed by atoms with Crippen LogP contribution < -0.4 is 5.32 Å². The molecule has 2 heterocycles. The molecule has 5 nitrogen and oxygen atoms in total. The normalized spacial score (nSPS) is 10.1. The summed E-state index contributed by atoms with van der Waals surface area (Å²) >= 11 is 2.41. The van der Waals surface area contributed by atoms with Gasteiger partial charge in [-0.3, -0.25) is 14.9 Å². The summed E-state index contributed by atoms with van der Waals surface area (Å²) in [4.78, 5) is 23.8. The Labute approximate surface area is 99.1 Å². The number of ketones is 1. The summed E-state index contributed by atoms with van der Waals surface area (Å²) in [5.74, 6) is -0.311. The quantitative estimate of drug-likeness (QED) is 0.850. The second-order valence-electron chi connectivity index (χ2n) is 2.92. The Morgan fingerprint density at radius 3 is 2.62 bits per heavy atom. The maximum Gasteiger partial charge on any atom is 0.267 e. The van der Waals surface area contributed by atoms with Crippen molar-refractivity contribution in [2.24, 2.45) is 0 Å². The van der Waals surface area contributed by atoms with E-state index in [0.29, 0.717) is 14.9 Å². The van der Waals surface area contributed by atoms with Crippen molar-refractivity contribution in [3.05, 3.63) is 27.4 Å². The van der Waals surface area contributed by atoms with Gasteiger partial charge in [0.1, 0.15) is 5.51 Å². The average Bonchev–Trinajstić information content (AvgIpc) is 2.86. The first-order valence-electron chi connectivity index (χ1n) is 4.35. The molecule has 16 heavy (non-hydrogen) atoms. The molecule has 2 rings (SSSR count). The van der Waals surface area contributed by atoms with E-state index in [0.717, 1.165) is 0 Å². The summed E-state index contributed by atoms with van der Waals surface area (Å²) in [6.45, 7) is 1.47. The maximum atomic E-state index is 11.7. The molecule has 0 saturated heterocycles. The van der Waals surface area contributed by atoms with Gasteiger partial charge in [-0.2, -0.15) is 0 Å². The first kappa shape index (κ1) is 10.9. The van der Waals surface area contributed by atoms with Gasteiger partial charge in [0.15, 0.2) is 5.78 Å². The zero-order valence-corrected chi connectivity index (χ0v) is 9.89. The highest BCUT2D eigenvalue weighted by molar-refractivity contribution is 7.16. The molecule has 7 heteroatoms. The molecular weight excluding hydrogens is 246 g/mol. The topological polar surface area (TPSA) is 72.0 Å². The van der Waals surface area contributed by atoms with Crippen LogP contribution in [0.4, 0.5) is 5.13 Å². The molecule has 0 aromatic carbocycles. The van der Waals surface area contributed by atoms with Gasteiger partial charge < -0.3 is 0 Å². The van der Waals surface area contributed by atoms with Gasteiger partial charge in [-0.05, 0) is 19.1 Å². The summed E-state index contributed by atoms with van der Waals surface area (Å²) in [5.41, 5.74) is 1.53. The van der Waals surface area contributed by atoms with Crippen LogP contribution in [0.2, 0.25) is 0 Å². The van der Waals surface area contributed by atoms with Crippen LogP contribution in [-0.2, 0) is 0 Å². The number of amides is 1. The van der Waals surface area contributed by atoms with E-state index in [2.05, 4.69) is 15.5 Å². The van der Waals surface area contributed by atoms with Crippen molar-refractivity contribution in [1.29, 1.82) is 0 Å². The summed E-state index contributed by atoms with van der Waals surface area (Å²) in [6, 6.07) is 3.26. The third kappa shape index (κ3) is 2.31. The van der Waals surface area contributed by atoms with Crippen molar-refractivity contribution in [1.82, 2.24) is 10.2 Å². The van der Waals surface area contributed by atoms with Gasteiger partial charge in [0.05, 0.1) is 9.75 Å². The predicted molar refractivity (Wildman–Crippen MR) is 62.2 cm³/mol. The maximum absolute atomic E-state index is 11.7. The fourth-order valence-corrected chi connectivity index (χ4v) is 2.27. The summed E-state index contributed by atoms with van der Waals surface area (Å²) in [7, 11) is 0. The minimum Gasteiger partial charge on any atom is -0.296 e. The van der Waals surface area contributed by atoms with E-state index in [1.807, 2.05) is 0 Å². The SMILES string of the molecule is CC(=O)c1ccc(C(=O)Nc2nncs2)s1. The monoisotopic (exact) mass is 253 g/mol. The van der Waals surface area contributed by atoms with E-state index in [1.165, 1.54) is 35.1 Å². The Bertz CT molecular complexity index is 519. The lowest BCUT2D eigenvalue weighted by atomic mass is 10.3. The first-order valence-corrected chi connectivity index (χ1v) is 6.04. The fraction of sp³-hybridized carbons (Fsp3) is 0.111. The second kappa shape index (κ2) is 4.50. The summed E-state index contributed by atoms with van der Waals surface area (Å²) in [6.07, 6.45) is 0. The van der Waals surface area contributed by atoms with Gasteiger partial charge >= 0.3 is 0 Å². The molecule has 0 atom stereocenters. The molecule has 0 spiro atoms. The highest BCUT2D eigenvalue weighted by Crippen LogP contribution is 2.19. The molecule has 0 aliphatic carbocycles. The fourth-order valence-electron chi connectivity index (χ4n) is 1.04. The lowest BCUT2D eigenvalue weighted by Gasteiger charge is -1.96. The third-order valence-electron chi connectivity index (χ3n) is 1.76. The number of hydrogen-bond donors (Lipinski definition) is 1. The Hall–Kier alpha value is -1.60. The highest BCUT2D eigenvalue weighted by Gasteiger charge is 2.12. The van der Waals surface area contributed by atoms with Crippen LogP contribution in [0.25, 0.3) is 0 Å². The molecule has 1 amide bonds. The molecule has 0 aliphatic rings. The average molecular weight is 253 g/mol. The number of carbonyl (C=O) groups is 2. The van der Waals surface area contributed by atoms with Crippen LogP contribution in [0.3, 0.4) is 0 Å². The largest absolute Gasteiger partial charge is 0.296 e. The Balaban J connectivity index is 2.12. The Morgan fingerprint density at radius 1 is 1.31 bits per heavy atom. The van der Waals surface area contributed by atoms with Crippen LogP contribution >= 0.6 is 22.7 Å². The van der Waals surface area contributed by atoms with Crippen molar-refractivity contribution < 1.29 is 9.59 Å². The molecule has 0 saturated carbocycles. The molecule has 0 aliphatic heterocycles. The lowest BCUT2D eigenvalue weighted by molar-refractivity contribution is 0.101. The molecule has 82 valence electrons. The van der Waals surface area contributed by atoms with Gasteiger partial charge in [-0.1, -0.05) is 11.3 Å². The number of nitrogens with one attached hydrogen (secondary N) is 1. The number of aromatic nitrogens is 2. The molecule has 1 N–H and O–H groups in total. The van der Waals surface area contributed by atoms with Gasteiger partial charge in [0, 0.05) is 0 Å². The molecule has 0 unspecified atom stereocenters. The molecule has 2 aromatic heterocycles. The number of rotatable bonds is 3. The smallest absolute Gasteiger partial charge is 0.267 e. The summed E-state index contributed by atoms with van der Waals surface area (Å²) in [5, 5.41) is 10.3. The van der Waals surface area contributed by atoms with Gasteiger partial charge in [-0.25, -0.2) is 0 Å². The molecular formula is C9H7N3O2S2. The van der Waals surface area contributed by atoms with Crippen molar-refractivity contribution in [2.45, 2.75) is 6.92 Å². The number of hydrogen-bond acceptors (Lipinski definition) is 6. The van der Waals surface area contributed by atoms with E-state index in [9.17, 15) is 9.59 Å². The third-order valence-corrected chi connectivity index (χ3v) is 3.55.